The molecule has 6 rings (SSSR count). The summed E-state index contributed by atoms with van der Waals surface area (Å²) in [5, 5.41) is 12.3. The highest BCUT2D eigenvalue weighted by Gasteiger charge is 2.35. The molecule has 3 heterocycles. The number of likely N-dealkylation sites (tertiary alicyclic amines) is 1. The van der Waals surface area contributed by atoms with Gasteiger partial charge in [0.15, 0.2) is 0 Å². The summed E-state index contributed by atoms with van der Waals surface area (Å²) < 4.78 is 13.7. The SMILES string of the molecule is CN1CCCC1c1ccc(C2Nc3cccc4c(=O)[nH]nc(c34)C2c2ccc(F)cc2)cc1. The zero-order valence-electron chi connectivity index (χ0n) is 18.4. The summed E-state index contributed by atoms with van der Waals surface area (Å²) in [7, 11) is 2.18. The van der Waals surface area contributed by atoms with E-state index in [4.69, 9.17) is 0 Å². The maximum atomic E-state index is 13.7. The number of hydrogen-bond donors (Lipinski definition) is 2. The molecule has 166 valence electrons. The number of nitrogens with zero attached hydrogens (tertiary/aromatic N) is 2. The summed E-state index contributed by atoms with van der Waals surface area (Å²) in [6.07, 6.45) is 2.41. The van der Waals surface area contributed by atoms with Crippen molar-refractivity contribution < 1.29 is 4.39 Å². The van der Waals surface area contributed by atoms with Gasteiger partial charge in [-0.05, 0) is 67.4 Å². The second kappa shape index (κ2) is 7.81. The Kier molecular flexibility index (Phi) is 4.76. The lowest BCUT2D eigenvalue weighted by Gasteiger charge is -2.35. The third kappa shape index (κ3) is 3.33. The molecule has 0 amide bonds. The summed E-state index contributed by atoms with van der Waals surface area (Å²) in [6, 6.07) is 21.5. The van der Waals surface area contributed by atoms with Gasteiger partial charge in [0.2, 0.25) is 0 Å². The van der Waals surface area contributed by atoms with Crippen molar-refractivity contribution in [3.63, 3.8) is 0 Å². The van der Waals surface area contributed by atoms with Gasteiger partial charge in [0.25, 0.3) is 5.56 Å². The molecular weight excluding hydrogens is 415 g/mol. The molecule has 3 atom stereocenters. The van der Waals surface area contributed by atoms with E-state index in [-0.39, 0.29) is 23.3 Å². The Balaban J connectivity index is 1.49. The lowest BCUT2D eigenvalue weighted by Crippen LogP contribution is -2.28. The first-order valence-corrected chi connectivity index (χ1v) is 11.4. The summed E-state index contributed by atoms with van der Waals surface area (Å²) in [5.74, 6) is -0.455. The number of benzene rings is 3. The van der Waals surface area contributed by atoms with E-state index >= 15 is 0 Å². The second-order valence-corrected chi connectivity index (χ2v) is 9.12. The molecule has 0 aliphatic carbocycles. The standard InChI is InChI=1S/C27H25FN4O/c1-32-15-3-6-22(32)16-7-9-18(10-8-16)25-23(17-11-13-19(28)14-12-17)26-24-20(27(33)31-30-26)4-2-5-21(24)29-25/h2,4-5,7-14,22-23,25,29H,3,6,15H2,1H3,(H,31,33). The molecule has 0 radical (unpaired) electrons. The average Bonchev–Trinajstić information content (AvgIpc) is 3.27. The van der Waals surface area contributed by atoms with Crippen molar-refractivity contribution >= 4 is 16.5 Å². The van der Waals surface area contributed by atoms with Crippen molar-refractivity contribution in [2.45, 2.75) is 30.8 Å². The van der Waals surface area contributed by atoms with Crippen LogP contribution in [-0.2, 0) is 0 Å². The van der Waals surface area contributed by atoms with Crippen LogP contribution in [0.4, 0.5) is 10.1 Å². The molecule has 5 nitrogen and oxygen atoms in total. The smallest absolute Gasteiger partial charge is 0.272 e. The Morgan fingerprint density at radius 1 is 0.970 bits per heavy atom. The van der Waals surface area contributed by atoms with Gasteiger partial charge in [-0.15, -0.1) is 0 Å². The molecule has 3 unspecified atom stereocenters. The molecule has 0 saturated carbocycles. The number of hydrogen-bond acceptors (Lipinski definition) is 4. The van der Waals surface area contributed by atoms with Crippen molar-refractivity contribution in [2.75, 3.05) is 18.9 Å². The summed E-state index contributed by atoms with van der Waals surface area (Å²) in [4.78, 5) is 14.9. The Bertz CT molecular complexity index is 1380. The molecule has 1 saturated heterocycles. The maximum absolute atomic E-state index is 13.7. The van der Waals surface area contributed by atoms with Gasteiger partial charge in [-0.1, -0.05) is 42.5 Å². The highest BCUT2D eigenvalue weighted by molar-refractivity contribution is 5.97. The average molecular weight is 441 g/mol. The minimum absolute atomic E-state index is 0.109. The van der Waals surface area contributed by atoms with Crippen LogP contribution in [0, 0.1) is 5.82 Å². The summed E-state index contributed by atoms with van der Waals surface area (Å²) in [6.45, 7) is 1.13. The predicted molar refractivity (Wildman–Crippen MR) is 128 cm³/mol. The van der Waals surface area contributed by atoms with E-state index in [0.717, 1.165) is 34.4 Å². The first-order chi connectivity index (χ1) is 16.1. The number of rotatable bonds is 3. The van der Waals surface area contributed by atoms with Crippen LogP contribution in [0.3, 0.4) is 0 Å². The molecule has 1 aromatic heterocycles. The van der Waals surface area contributed by atoms with E-state index in [1.807, 2.05) is 30.3 Å². The molecule has 2 aliphatic heterocycles. The van der Waals surface area contributed by atoms with Gasteiger partial charge in [0, 0.05) is 17.1 Å². The number of nitrogens with one attached hydrogen (secondary N) is 2. The van der Waals surface area contributed by atoms with Gasteiger partial charge >= 0.3 is 0 Å². The first kappa shape index (κ1) is 20.1. The van der Waals surface area contributed by atoms with Crippen LogP contribution in [0.2, 0.25) is 0 Å². The van der Waals surface area contributed by atoms with Crippen molar-refractivity contribution in [1.29, 1.82) is 0 Å². The van der Waals surface area contributed by atoms with Gasteiger partial charge in [-0.2, -0.15) is 5.10 Å². The van der Waals surface area contributed by atoms with Crippen LogP contribution < -0.4 is 10.9 Å². The quantitative estimate of drug-likeness (QED) is 0.464. The van der Waals surface area contributed by atoms with Crippen LogP contribution in [0.25, 0.3) is 10.8 Å². The first-order valence-electron chi connectivity index (χ1n) is 11.4. The third-order valence-corrected chi connectivity index (χ3v) is 7.21. The fourth-order valence-corrected chi connectivity index (χ4v) is 5.55. The Morgan fingerprint density at radius 3 is 2.42 bits per heavy atom. The van der Waals surface area contributed by atoms with E-state index < -0.39 is 0 Å². The number of aromatic nitrogens is 2. The van der Waals surface area contributed by atoms with Gasteiger partial charge in [0.1, 0.15) is 5.82 Å². The molecule has 0 spiro atoms. The fourth-order valence-electron chi connectivity index (χ4n) is 5.55. The molecule has 2 N–H and O–H groups in total. The van der Waals surface area contributed by atoms with Crippen LogP contribution in [0.1, 0.15) is 53.2 Å². The van der Waals surface area contributed by atoms with E-state index in [2.05, 4.69) is 51.7 Å². The Morgan fingerprint density at radius 2 is 1.70 bits per heavy atom. The summed E-state index contributed by atoms with van der Waals surface area (Å²) in [5.41, 5.74) is 4.89. The van der Waals surface area contributed by atoms with Crippen LogP contribution >= 0.6 is 0 Å². The van der Waals surface area contributed by atoms with Crippen LogP contribution in [0.5, 0.6) is 0 Å². The van der Waals surface area contributed by atoms with Gasteiger partial charge in [-0.25, -0.2) is 9.49 Å². The topological polar surface area (TPSA) is 61.0 Å². The van der Waals surface area contributed by atoms with Gasteiger partial charge < -0.3 is 5.32 Å². The maximum Gasteiger partial charge on any atom is 0.272 e. The van der Waals surface area contributed by atoms with E-state index in [9.17, 15) is 9.18 Å². The Hall–Kier alpha value is -3.51. The predicted octanol–water partition coefficient (Wildman–Crippen LogP) is 5.13. The molecule has 6 heteroatoms. The zero-order chi connectivity index (χ0) is 22.5. The number of aromatic amines is 1. The fraction of sp³-hybridized carbons (Fsp3) is 0.259. The highest BCUT2D eigenvalue weighted by atomic mass is 19.1. The molecule has 0 bridgehead atoms. The van der Waals surface area contributed by atoms with Gasteiger partial charge in [-0.3, -0.25) is 9.69 Å². The molecule has 2 aliphatic rings. The van der Waals surface area contributed by atoms with E-state index in [1.165, 1.54) is 30.5 Å². The van der Waals surface area contributed by atoms with Crippen LogP contribution in [-0.4, -0.2) is 28.7 Å². The van der Waals surface area contributed by atoms with E-state index in [0.29, 0.717) is 11.4 Å². The molecule has 3 aromatic carbocycles. The largest absolute Gasteiger partial charge is 0.377 e. The third-order valence-electron chi connectivity index (χ3n) is 7.21. The molecule has 33 heavy (non-hydrogen) atoms. The van der Waals surface area contributed by atoms with Gasteiger partial charge in [0.05, 0.1) is 23.0 Å². The van der Waals surface area contributed by atoms with E-state index in [1.54, 1.807) is 0 Å². The molecular formula is C27H25FN4O. The number of halogens is 1. The Labute approximate surface area is 191 Å². The number of H-pyrrole nitrogens is 1. The number of anilines is 1. The lowest BCUT2D eigenvalue weighted by molar-refractivity contribution is 0.317. The normalized spacial score (nSPS) is 22.4. The van der Waals surface area contributed by atoms with Crippen molar-refractivity contribution in [3.05, 3.63) is 105 Å². The minimum Gasteiger partial charge on any atom is -0.377 e. The monoisotopic (exact) mass is 440 g/mol. The minimum atomic E-state index is -0.274. The second-order valence-electron chi connectivity index (χ2n) is 9.12. The zero-order valence-corrected chi connectivity index (χ0v) is 18.4. The summed E-state index contributed by atoms with van der Waals surface area (Å²) >= 11 is 0. The van der Waals surface area contributed by atoms with Crippen molar-refractivity contribution in [3.8, 4) is 0 Å². The van der Waals surface area contributed by atoms with Crippen molar-refractivity contribution in [2.24, 2.45) is 0 Å². The highest BCUT2D eigenvalue weighted by Crippen LogP contribution is 2.46. The molecule has 1 fully saturated rings. The lowest BCUT2D eigenvalue weighted by atomic mass is 9.80. The van der Waals surface area contributed by atoms with Crippen LogP contribution in [0.15, 0.2) is 71.5 Å². The molecule has 4 aromatic rings. The van der Waals surface area contributed by atoms with Crippen molar-refractivity contribution in [1.82, 2.24) is 15.1 Å².